The highest BCUT2D eigenvalue weighted by Crippen LogP contribution is 2.40. The quantitative estimate of drug-likeness (QED) is 0.470. The summed E-state index contributed by atoms with van der Waals surface area (Å²) in [6.45, 7) is 0.572. The molecule has 3 aromatic heterocycles. The van der Waals surface area contributed by atoms with Crippen LogP contribution in [0.15, 0.2) is 30.5 Å². The number of pyridine rings is 2. The minimum absolute atomic E-state index is 0.00636. The molecule has 0 aromatic carbocycles. The Bertz CT molecular complexity index is 1350. The number of aryl methyl sites for hydroxylation is 1. The second kappa shape index (κ2) is 9.93. The van der Waals surface area contributed by atoms with E-state index in [1.165, 1.54) is 7.11 Å². The van der Waals surface area contributed by atoms with E-state index in [0.717, 1.165) is 29.8 Å². The number of hydrogen-bond donors (Lipinski definition) is 2. The summed E-state index contributed by atoms with van der Waals surface area (Å²) in [4.78, 5) is 33.0. The van der Waals surface area contributed by atoms with E-state index in [0.29, 0.717) is 37.0 Å². The Kier molecular flexibility index (Phi) is 6.65. The molecule has 0 bridgehead atoms. The molecule has 2 N–H and O–H groups in total. The highest BCUT2D eigenvalue weighted by molar-refractivity contribution is 6.05. The maximum atomic E-state index is 12.9. The number of amides is 1. The van der Waals surface area contributed by atoms with Crippen LogP contribution in [0, 0.1) is 0 Å². The highest BCUT2D eigenvalue weighted by atomic mass is 19.4. The molecule has 200 valence electrons. The second-order valence-corrected chi connectivity index (χ2v) is 8.73. The number of carbonyl (C=O) groups excluding carboxylic acids is 1. The SMILES string of the molecule is COc1nc(C(F)(F)F)ccc1Oc1ccc(CNc2nc3c4c(n2)N(C)C(CO)C(=O)N4CCC3)cn1. The van der Waals surface area contributed by atoms with Crippen LogP contribution in [0.25, 0.3) is 0 Å². The standard InChI is InChI=1S/C24H24F3N7O4/c1-33-15(12-35)22(36)34-9-3-4-14-19(34)20(33)32-23(30-14)29-11-13-5-8-18(28-10-13)38-16-6-7-17(24(25,26)27)31-21(16)37-2/h5-8,10,15,35H,3-4,9,11-12H2,1-2H3,(H,29,30,32). The van der Waals surface area contributed by atoms with Gasteiger partial charge in [-0.15, -0.1) is 0 Å². The molecule has 0 saturated carbocycles. The topological polar surface area (TPSA) is 126 Å². The van der Waals surface area contributed by atoms with Gasteiger partial charge in [0.05, 0.1) is 19.4 Å². The zero-order chi connectivity index (χ0) is 27.0. The van der Waals surface area contributed by atoms with Crippen molar-refractivity contribution in [2.75, 3.05) is 42.4 Å². The van der Waals surface area contributed by atoms with Crippen molar-refractivity contribution in [1.29, 1.82) is 0 Å². The Hall–Kier alpha value is -4.20. The first-order chi connectivity index (χ1) is 18.2. The first-order valence-corrected chi connectivity index (χ1v) is 11.7. The van der Waals surface area contributed by atoms with Gasteiger partial charge in [-0.2, -0.15) is 18.2 Å². The highest BCUT2D eigenvalue weighted by Gasteiger charge is 2.40. The number of aromatic nitrogens is 4. The van der Waals surface area contributed by atoms with Gasteiger partial charge in [0.2, 0.25) is 11.8 Å². The van der Waals surface area contributed by atoms with Crippen molar-refractivity contribution in [3.8, 4) is 17.5 Å². The van der Waals surface area contributed by atoms with Crippen LogP contribution < -0.4 is 24.6 Å². The van der Waals surface area contributed by atoms with E-state index in [2.05, 4.69) is 25.3 Å². The molecule has 1 unspecified atom stereocenters. The van der Waals surface area contributed by atoms with Crippen molar-refractivity contribution in [2.24, 2.45) is 0 Å². The molecule has 38 heavy (non-hydrogen) atoms. The van der Waals surface area contributed by atoms with Crippen molar-refractivity contribution in [3.05, 3.63) is 47.4 Å². The Labute approximate surface area is 215 Å². The summed E-state index contributed by atoms with van der Waals surface area (Å²) in [5, 5.41) is 12.9. The van der Waals surface area contributed by atoms with Gasteiger partial charge in [-0.05, 0) is 30.5 Å². The lowest BCUT2D eigenvalue weighted by molar-refractivity contribution is -0.141. The summed E-state index contributed by atoms with van der Waals surface area (Å²) < 4.78 is 49.2. The molecule has 2 aliphatic rings. The third kappa shape index (κ3) is 4.74. The fourth-order valence-corrected chi connectivity index (χ4v) is 4.37. The van der Waals surface area contributed by atoms with E-state index in [1.807, 2.05) is 0 Å². The minimum atomic E-state index is -4.61. The van der Waals surface area contributed by atoms with Crippen molar-refractivity contribution >= 4 is 23.4 Å². The molecule has 0 aliphatic carbocycles. The third-order valence-electron chi connectivity index (χ3n) is 6.30. The molecule has 0 radical (unpaired) electrons. The molecule has 14 heteroatoms. The molecule has 0 saturated heterocycles. The van der Waals surface area contributed by atoms with Gasteiger partial charge in [0.15, 0.2) is 11.6 Å². The largest absolute Gasteiger partial charge is 0.478 e. The average molecular weight is 531 g/mol. The summed E-state index contributed by atoms with van der Waals surface area (Å²) >= 11 is 0. The van der Waals surface area contributed by atoms with E-state index < -0.39 is 17.9 Å². The van der Waals surface area contributed by atoms with Gasteiger partial charge >= 0.3 is 6.18 Å². The van der Waals surface area contributed by atoms with Crippen molar-refractivity contribution in [1.82, 2.24) is 19.9 Å². The number of anilines is 3. The first-order valence-electron chi connectivity index (χ1n) is 11.7. The van der Waals surface area contributed by atoms with Crippen LogP contribution in [0.3, 0.4) is 0 Å². The Morgan fingerprint density at radius 2 is 2.00 bits per heavy atom. The molecule has 0 fully saturated rings. The number of hydrogen-bond acceptors (Lipinski definition) is 10. The maximum absolute atomic E-state index is 12.9. The number of alkyl halides is 3. The molecule has 0 spiro atoms. The number of likely N-dealkylation sites (N-methyl/N-ethyl adjacent to an activating group) is 1. The maximum Gasteiger partial charge on any atom is 0.433 e. The van der Waals surface area contributed by atoms with Gasteiger partial charge in [-0.1, -0.05) is 6.07 Å². The Morgan fingerprint density at radius 1 is 1.18 bits per heavy atom. The molecule has 11 nitrogen and oxygen atoms in total. The van der Waals surface area contributed by atoms with Crippen LogP contribution in [0.2, 0.25) is 0 Å². The lowest BCUT2D eigenvalue weighted by atomic mass is 10.0. The lowest BCUT2D eigenvalue weighted by Crippen LogP contribution is -2.55. The van der Waals surface area contributed by atoms with Crippen LogP contribution in [0.1, 0.15) is 23.4 Å². The fourth-order valence-electron chi connectivity index (χ4n) is 4.37. The molecule has 5 heterocycles. The zero-order valence-electron chi connectivity index (χ0n) is 20.5. The van der Waals surface area contributed by atoms with E-state index in [9.17, 15) is 23.1 Å². The van der Waals surface area contributed by atoms with Crippen LogP contribution in [-0.4, -0.2) is 64.3 Å². The molecule has 2 aliphatic heterocycles. The number of nitrogens with one attached hydrogen (secondary N) is 1. The van der Waals surface area contributed by atoms with E-state index in [-0.39, 0.29) is 30.0 Å². The fraction of sp³-hybridized carbons (Fsp3) is 0.375. The number of aliphatic hydroxyl groups excluding tert-OH is 1. The van der Waals surface area contributed by atoms with E-state index in [4.69, 9.17) is 9.47 Å². The number of rotatable bonds is 7. The van der Waals surface area contributed by atoms with Gasteiger partial charge in [0.25, 0.3) is 11.8 Å². The first kappa shape index (κ1) is 25.4. The minimum Gasteiger partial charge on any atom is -0.478 e. The number of nitrogens with zero attached hydrogens (tertiary/aromatic N) is 6. The van der Waals surface area contributed by atoms with Gasteiger partial charge in [0.1, 0.15) is 17.4 Å². The monoisotopic (exact) mass is 531 g/mol. The number of methoxy groups -OCH3 is 1. The van der Waals surface area contributed by atoms with E-state index >= 15 is 0 Å². The van der Waals surface area contributed by atoms with Crippen molar-refractivity contribution in [3.63, 3.8) is 0 Å². The summed E-state index contributed by atoms with van der Waals surface area (Å²) in [7, 11) is 2.92. The molecule has 5 rings (SSSR count). The molecule has 1 amide bonds. The lowest BCUT2D eigenvalue weighted by Gasteiger charge is -2.42. The number of halogens is 3. The van der Waals surface area contributed by atoms with Gasteiger partial charge in [0, 0.05) is 32.4 Å². The smallest absolute Gasteiger partial charge is 0.433 e. The molecule has 3 aromatic rings. The molecular weight excluding hydrogens is 507 g/mol. The van der Waals surface area contributed by atoms with Crippen LogP contribution in [0.4, 0.5) is 30.6 Å². The number of ether oxygens (including phenoxy) is 2. The predicted molar refractivity (Wildman–Crippen MR) is 129 cm³/mol. The average Bonchev–Trinajstić information content (AvgIpc) is 2.91. The van der Waals surface area contributed by atoms with Gasteiger partial charge in [-0.25, -0.2) is 15.0 Å². The predicted octanol–water partition coefficient (Wildman–Crippen LogP) is 2.79. The van der Waals surface area contributed by atoms with Crippen molar-refractivity contribution in [2.45, 2.75) is 31.6 Å². The summed E-state index contributed by atoms with van der Waals surface area (Å²) in [6.07, 6.45) is -1.59. The zero-order valence-corrected chi connectivity index (χ0v) is 20.5. The molecule has 1 atom stereocenters. The van der Waals surface area contributed by atoms with E-state index in [1.54, 1.807) is 35.2 Å². The molecular formula is C24H24F3N7O4. The van der Waals surface area contributed by atoms with Gasteiger partial charge < -0.3 is 29.7 Å². The third-order valence-corrected chi connectivity index (χ3v) is 6.30. The Morgan fingerprint density at radius 3 is 2.68 bits per heavy atom. The van der Waals surface area contributed by atoms with Crippen LogP contribution in [0.5, 0.6) is 17.5 Å². The summed E-state index contributed by atoms with van der Waals surface area (Å²) in [5.41, 5.74) is 1.13. The Balaban J connectivity index is 1.29. The number of carbonyl (C=O) groups is 1. The van der Waals surface area contributed by atoms with Crippen LogP contribution in [-0.2, 0) is 23.9 Å². The van der Waals surface area contributed by atoms with Gasteiger partial charge in [-0.3, -0.25) is 4.79 Å². The number of aliphatic hydroxyl groups is 1. The summed E-state index contributed by atoms with van der Waals surface area (Å²) in [6, 6.07) is 4.52. The summed E-state index contributed by atoms with van der Waals surface area (Å²) in [5.74, 6) is 0.620. The van der Waals surface area contributed by atoms with Crippen molar-refractivity contribution < 1.29 is 32.5 Å². The second-order valence-electron chi connectivity index (χ2n) is 8.73. The van der Waals surface area contributed by atoms with Crippen LogP contribution >= 0.6 is 0 Å². The normalized spacial score (nSPS) is 16.8.